The van der Waals surface area contributed by atoms with Crippen molar-refractivity contribution in [2.24, 2.45) is 10.7 Å². The molecule has 0 bridgehead atoms. The maximum atomic E-state index is 5.97. The van der Waals surface area contributed by atoms with Crippen molar-refractivity contribution in [3.63, 3.8) is 0 Å². The second kappa shape index (κ2) is 9.32. The van der Waals surface area contributed by atoms with Crippen LogP contribution in [0, 0.1) is 6.92 Å². The van der Waals surface area contributed by atoms with E-state index in [9.17, 15) is 0 Å². The topological polar surface area (TPSA) is 56.9 Å². The zero-order chi connectivity index (χ0) is 15.2. The molecule has 3 N–H and O–H groups in total. The summed E-state index contributed by atoms with van der Waals surface area (Å²) in [4.78, 5) is 9.31. The third-order valence-corrected chi connectivity index (χ3v) is 3.98. The largest absolute Gasteiger partial charge is 0.370 e. The highest BCUT2D eigenvalue weighted by atomic mass is 127. The molecule has 1 aromatic carbocycles. The summed E-state index contributed by atoms with van der Waals surface area (Å²) in [7, 11) is 2.17. The van der Waals surface area contributed by atoms with Gasteiger partial charge in [0, 0.05) is 37.9 Å². The summed E-state index contributed by atoms with van der Waals surface area (Å²) in [5, 5.41) is 3.15. The van der Waals surface area contributed by atoms with Crippen LogP contribution >= 0.6 is 24.0 Å². The molecule has 2 rings (SSSR count). The Morgan fingerprint density at radius 3 is 2.64 bits per heavy atom. The lowest BCUT2D eigenvalue weighted by molar-refractivity contribution is 0.122. The van der Waals surface area contributed by atoms with E-state index in [4.69, 9.17) is 5.73 Å². The number of aryl methyl sites for hydroxylation is 1. The zero-order valence-corrected chi connectivity index (χ0v) is 16.1. The monoisotopic (exact) mass is 417 g/mol. The molecule has 0 saturated carbocycles. The number of guanidine groups is 1. The van der Waals surface area contributed by atoms with Crippen LogP contribution < -0.4 is 11.1 Å². The molecule has 1 aliphatic rings. The Hall–Kier alpha value is -0.860. The number of aliphatic imine (C=N–C) groups is 1. The van der Waals surface area contributed by atoms with Gasteiger partial charge < -0.3 is 16.0 Å². The third kappa shape index (κ3) is 6.10. The Balaban J connectivity index is 0.00000242. The van der Waals surface area contributed by atoms with Gasteiger partial charge in [0.25, 0.3) is 0 Å². The molecule has 0 amide bonds. The lowest BCUT2D eigenvalue weighted by Crippen LogP contribution is -2.49. The molecular formula is C16H28IN5. The normalized spacial score (nSPS) is 18.6. The third-order valence-electron chi connectivity index (χ3n) is 3.98. The summed E-state index contributed by atoms with van der Waals surface area (Å²) >= 11 is 0. The van der Waals surface area contributed by atoms with E-state index in [-0.39, 0.29) is 24.0 Å². The van der Waals surface area contributed by atoms with Gasteiger partial charge in [-0.15, -0.1) is 24.0 Å². The SMILES string of the molecule is Cc1cccc(NC(N)=NCC(C)N2CCN(C)CC2)c1.I. The number of anilines is 1. The van der Waals surface area contributed by atoms with E-state index < -0.39 is 0 Å². The standard InChI is InChI=1S/C16H27N5.HI/c1-13-5-4-6-15(11-13)19-16(17)18-12-14(2)21-9-7-20(3)8-10-21;/h4-6,11,14H,7-10,12H2,1-3H3,(H3,17,18,19);1H. The van der Waals surface area contributed by atoms with Crippen LogP contribution in [0.15, 0.2) is 29.3 Å². The van der Waals surface area contributed by atoms with Gasteiger partial charge in [0.2, 0.25) is 0 Å². The van der Waals surface area contributed by atoms with E-state index in [0.717, 1.165) is 38.4 Å². The van der Waals surface area contributed by atoms with Gasteiger partial charge in [-0.3, -0.25) is 9.89 Å². The Labute approximate surface area is 151 Å². The van der Waals surface area contributed by atoms with Crippen molar-refractivity contribution in [2.75, 3.05) is 45.1 Å². The minimum atomic E-state index is 0. The number of nitrogens with zero attached hydrogens (tertiary/aromatic N) is 3. The molecule has 22 heavy (non-hydrogen) atoms. The number of nitrogens with two attached hydrogens (primary N) is 1. The first-order valence-electron chi connectivity index (χ1n) is 7.61. The molecule has 124 valence electrons. The summed E-state index contributed by atoms with van der Waals surface area (Å²) in [6.07, 6.45) is 0. The predicted molar refractivity (Wildman–Crippen MR) is 105 cm³/mol. The highest BCUT2D eigenvalue weighted by Crippen LogP contribution is 2.09. The maximum absolute atomic E-state index is 5.97. The molecular weight excluding hydrogens is 389 g/mol. The van der Waals surface area contributed by atoms with E-state index in [1.54, 1.807) is 0 Å². The fraction of sp³-hybridized carbons (Fsp3) is 0.562. The van der Waals surface area contributed by atoms with Crippen molar-refractivity contribution in [3.8, 4) is 0 Å². The smallest absolute Gasteiger partial charge is 0.193 e. The van der Waals surface area contributed by atoms with Crippen molar-refractivity contribution in [3.05, 3.63) is 29.8 Å². The number of nitrogens with one attached hydrogen (secondary N) is 1. The quantitative estimate of drug-likeness (QED) is 0.447. The molecule has 1 fully saturated rings. The fourth-order valence-corrected chi connectivity index (χ4v) is 2.52. The van der Waals surface area contributed by atoms with Crippen LogP contribution in [0.1, 0.15) is 12.5 Å². The van der Waals surface area contributed by atoms with Crippen LogP contribution in [0.4, 0.5) is 5.69 Å². The van der Waals surface area contributed by atoms with Gasteiger partial charge in [-0.05, 0) is 38.6 Å². The second-order valence-corrected chi connectivity index (χ2v) is 5.91. The number of likely N-dealkylation sites (N-methyl/N-ethyl adjacent to an activating group) is 1. The molecule has 0 aliphatic carbocycles. The fourth-order valence-electron chi connectivity index (χ4n) is 2.52. The highest BCUT2D eigenvalue weighted by Gasteiger charge is 2.18. The first-order valence-corrected chi connectivity index (χ1v) is 7.61. The maximum Gasteiger partial charge on any atom is 0.193 e. The predicted octanol–water partition coefficient (Wildman–Crippen LogP) is 1.98. The molecule has 1 aromatic rings. The number of piperazine rings is 1. The van der Waals surface area contributed by atoms with Gasteiger partial charge in [0.1, 0.15) is 0 Å². The number of benzene rings is 1. The van der Waals surface area contributed by atoms with Crippen LogP contribution in [-0.4, -0.2) is 61.6 Å². The van der Waals surface area contributed by atoms with Crippen molar-refractivity contribution in [1.82, 2.24) is 9.80 Å². The second-order valence-electron chi connectivity index (χ2n) is 5.91. The summed E-state index contributed by atoms with van der Waals surface area (Å²) in [6.45, 7) is 9.49. The van der Waals surface area contributed by atoms with Gasteiger partial charge >= 0.3 is 0 Å². The number of halogens is 1. The minimum absolute atomic E-state index is 0. The Kier molecular flexibility index (Phi) is 8.13. The number of hydrogen-bond donors (Lipinski definition) is 2. The van der Waals surface area contributed by atoms with Crippen molar-refractivity contribution >= 4 is 35.6 Å². The Morgan fingerprint density at radius 2 is 2.00 bits per heavy atom. The molecule has 1 saturated heterocycles. The molecule has 0 aromatic heterocycles. The lowest BCUT2D eigenvalue weighted by Gasteiger charge is -2.35. The molecule has 1 atom stereocenters. The van der Waals surface area contributed by atoms with Gasteiger partial charge in [-0.25, -0.2) is 0 Å². The van der Waals surface area contributed by atoms with Gasteiger partial charge in [0.05, 0.1) is 6.54 Å². The number of hydrogen-bond acceptors (Lipinski definition) is 3. The van der Waals surface area contributed by atoms with Crippen LogP contribution in [0.5, 0.6) is 0 Å². The van der Waals surface area contributed by atoms with Crippen LogP contribution in [-0.2, 0) is 0 Å². The molecule has 1 unspecified atom stereocenters. The van der Waals surface area contributed by atoms with Crippen LogP contribution in [0.3, 0.4) is 0 Å². The van der Waals surface area contributed by atoms with Crippen LogP contribution in [0.25, 0.3) is 0 Å². The summed E-state index contributed by atoms with van der Waals surface area (Å²) < 4.78 is 0. The Bertz CT molecular complexity index is 483. The minimum Gasteiger partial charge on any atom is -0.370 e. The van der Waals surface area contributed by atoms with E-state index in [2.05, 4.69) is 53.1 Å². The summed E-state index contributed by atoms with van der Waals surface area (Å²) in [5.41, 5.74) is 8.16. The average Bonchev–Trinajstić information content (AvgIpc) is 2.45. The van der Waals surface area contributed by atoms with Gasteiger partial charge in [-0.2, -0.15) is 0 Å². The number of rotatable bonds is 4. The molecule has 0 spiro atoms. The van der Waals surface area contributed by atoms with Crippen molar-refractivity contribution < 1.29 is 0 Å². The molecule has 6 heteroatoms. The first-order chi connectivity index (χ1) is 10.0. The zero-order valence-electron chi connectivity index (χ0n) is 13.7. The van der Waals surface area contributed by atoms with E-state index in [1.165, 1.54) is 5.56 Å². The molecule has 5 nitrogen and oxygen atoms in total. The first kappa shape index (κ1) is 19.2. The van der Waals surface area contributed by atoms with Gasteiger partial charge in [-0.1, -0.05) is 12.1 Å². The van der Waals surface area contributed by atoms with Gasteiger partial charge in [0.15, 0.2) is 5.96 Å². The van der Waals surface area contributed by atoms with E-state index >= 15 is 0 Å². The molecule has 1 aliphatic heterocycles. The highest BCUT2D eigenvalue weighted by molar-refractivity contribution is 14.0. The van der Waals surface area contributed by atoms with Crippen molar-refractivity contribution in [1.29, 1.82) is 0 Å². The molecule has 1 heterocycles. The van der Waals surface area contributed by atoms with Crippen molar-refractivity contribution in [2.45, 2.75) is 19.9 Å². The summed E-state index contributed by atoms with van der Waals surface area (Å²) in [6, 6.07) is 8.56. The lowest BCUT2D eigenvalue weighted by atomic mass is 10.2. The van der Waals surface area contributed by atoms with E-state index in [0.29, 0.717) is 12.0 Å². The Morgan fingerprint density at radius 1 is 1.32 bits per heavy atom. The molecule has 0 radical (unpaired) electrons. The summed E-state index contributed by atoms with van der Waals surface area (Å²) in [5.74, 6) is 0.488. The average molecular weight is 417 g/mol. The van der Waals surface area contributed by atoms with E-state index in [1.807, 2.05) is 12.1 Å². The van der Waals surface area contributed by atoms with Crippen LogP contribution in [0.2, 0.25) is 0 Å².